The van der Waals surface area contributed by atoms with Crippen LogP contribution in [0.5, 0.6) is 5.75 Å². The molecule has 3 aromatic rings. The zero-order valence-electron chi connectivity index (χ0n) is 14.3. The highest BCUT2D eigenvalue weighted by Crippen LogP contribution is 2.26. The van der Waals surface area contributed by atoms with E-state index in [2.05, 4.69) is 10.3 Å². The topological polar surface area (TPSA) is 56.1 Å². The van der Waals surface area contributed by atoms with Gasteiger partial charge in [0.2, 0.25) is 0 Å². The maximum absolute atomic E-state index is 12.6. The Hall–Kier alpha value is -2.82. The lowest BCUT2D eigenvalue weighted by atomic mass is 10.1. The van der Waals surface area contributed by atoms with E-state index in [0.717, 1.165) is 16.9 Å². The average Bonchev–Trinajstić information content (AvgIpc) is 2.83. The Morgan fingerprint density at radius 2 is 1.96 bits per heavy atom. The van der Waals surface area contributed by atoms with Gasteiger partial charge in [-0.05, 0) is 51.1 Å². The standard InChI is InChI=1S/C19H21N3O2/c1-12(2)24-18-8-6-5-7-15(18)21-19(23)14-9-10-17-16(11-14)20-13(3)22(17)4/h5-12H,1-4H3,(H,21,23). The second kappa shape index (κ2) is 6.35. The van der Waals surface area contributed by atoms with Crippen molar-refractivity contribution in [3.05, 3.63) is 53.9 Å². The molecular weight excluding hydrogens is 302 g/mol. The molecule has 1 aromatic heterocycles. The van der Waals surface area contributed by atoms with Crippen molar-refractivity contribution in [3.63, 3.8) is 0 Å². The summed E-state index contributed by atoms with van der Waals surface area (Å²) in [5.41, 5.74) is 3.05. The normalized spacial score (nSPS) is 11.0. The number of aryl methyl sites for hydroxylation is 2. The molecular formula is C19H21N3O2. The average molecular weight is 323 g/mol. The first-order valence-corrected chi connectivity index (χ1v) is 7.96. The third-order valence-corrected chi connectivity index (χ3v) is 3.86. The summed E-state index contributed by atoms with van der Waals surface area (Å²) in [5, 5.41) is 2.92. The van der Waals surface area contributed by atoms with E-state index >= 15 is 0 Å². The number of anilines is 1. The number of ether oxygens (including phenoxy) is 1. The molecule has 3 rings (SSSR count). The van der Waals surface area contributed by atoms with E-state index in [9.17, 15) is 4.79 Å². The second-order valence-electron chi connectivity index (χ2n) is 6.04. The molecule has 1 amide bonds. The van der Waals surface area contributed by atoms with E-state index in [4.69, 9.17) is 4.74 Å². The number of rotatable bonds is 4. The molecule has 124 valence electrons. The number of para-hydroxylation sites is 2. The van der Waals surface area contributed by atoms with Crippen LogP contribution in [0.15, 0.2) is 42.5 Å². The molecule has 0 spiro atoms. The van der Waals surface area contributed by atoms with Crippen molar-refractivity contribution in [1.82, 2.24) is 9.55 Å². The smallest absolute Gasteiger partial charge is 0.255 e. The zero-order chi connectivity index (χ0) is 17.3. The molecule has 0 fully saturated rings. The molecule has 0 unspecified atom stereocenters. The van der Waals surface area contributed by atoms with Crippen molar-refractivity contribution in [1.29, 1.82) is 0 Å². The number of aromatic nitrogens is 2. The van der Waals surface area contributed by atoms with E-state index in [1.54, 1.807) is 0 Å². The summed E-state index contributed by atoms with van der Waals surface area (Å²) < 4.78 is 7.74. The Labute approximate surface area is 141 Å². The Morgan fingerprint density at radius 1 is 1.21 bits per heavy atom. The Bertz CT molecular complexity index is 897. The highest BCUT2D eigenvalue weighted by Gasteiger charge is 2.13. The molecule has 0 bridgehead atoms. The number of amides is 1. The summed E-state index contributed by atoms with van der Waals surface area (Å²) in [7, 11) is 1.96. The monoisotopic (exact) mass is 323 g/mol. The Morgan fingerprint density at radius 3 is 2.71 bits per heavy atom. The van der Waals surface area contributed by atoms with Crippen LogP contribution in [-0.4, -0.2) is 21.6 Å². The number of hydrogen-bond acceptors (Lipinski definition) is 3. The maximum atomic E-state index is 12.6. The van der Waals surface area contributed by atoms with Crippen molar-refractivity contribution >= 4 is 22.6 Å². The van der Waals surface area contributed by atoms with Gasteiger partial charge in [0.1, 0.15) is 11.6 Å². The van der Waals surface area contributed by atoms with Crippen LogP contribution in [0.4, 0.5) is 5.69 Å². The lowest BCUT2D eigenvalue weighted by Crippen LogP contribution is -2.14. The molecule has 0 saturated carbocycles. The summed E-state index contributed by atoms with van der Waals surface area (Å²) in [4.78, 5) is 17.1. The zero-order valence-corrected chi connectivity index (χ0v) is 14.3. The summed E-state index contributed by atoms with van der Waals surface area (Å²) in [6.45, 7) is 5.85. The van der Waals surface area contributed by atoms with Crippen LogP contribution >= 0.6 is 0 Å². The van der Waals surface area contributed by atoms with Gasteiger partial charge in [-0.2, -0.15) is 0 Å². The summed E-state index contributed by atoms with van der Waals surface area (Å²) in [6, 6.07) is 13.0. The molecule has 0 atom stereocenters. The number of carbonyl (C=O) groups is 1. The first-order chi connectivity index (χ1) is 11.5. The van der Waals surface area contributed by atoms with Crippen LogP contribution in [0.1, 0.15) is 30.0 Å². The van der Waals surface area contributed by atoms with Gasteiger partial charge < -0.3 is 14.6 Å². The van der Waals surface area contributed by atoms with Crippen LogP contribution < -0.4 is 10.1 Å². The van der Waals surface area contributed by atoms with E-state index in [1.165, 1.54) is 0 Å². The van der Waals surface area contributed by atoms with Gasteiger partial charge in [-0.1, -0.05) is 12.1 Å². The quantitative estimate of drug-likeness (QED) is 0.791. The predicted octanol–water partition coefficient (Wildman–Crippen LogP) is 3.92. The molecule has 1 heterocycles. The Kier molecular flexibility index (Phi) is 4.25. The first-order valence-electron chi connectivity index (χ1n) is 7.96. The first kappa shape index (κ1) is 16.1. The van der Waals surface area contributed by atoms with E-state index in [1.807, 2.05) is 74.9 Å². The molecule has 24 heavy (non-hydrogen) atoms. The van der Waals surface area contributed by atoms with Gasteiger partial charge in [-0.25, -0.2) is 4.98 Å². The van der Waals surface area contributed by atoms with Crippen LogP contribution in [0.2, 0.25) is 0 Å². The highest BCUT2D eigenvalue weighted by molar-refractivity contribution is 6.06. The lowest BCUT2D eigenvalue weighted by molar-refractivity contribution is 0.102. The summed E-state index contributed by atoms with van der Waals surface area (Å²) >= 11 is 0. The van der Waals surface area contributed by atoms with Crippen molar-refractivity contribution in [2.75, 3.05) is 5.32 Å². The minimum atomic E-state index is -0.181. The Balaban J connectivity index is 1.88. The van der Waals surface area contributed by atoms with Crippen molar-refractivity contribution < 1.29 is 9.53 Å². The summed E-state index contributed by atoms with van der Waals surface area (Å²) in [6.07, 6.45) is 0.0379. The summed E-state index contributed by atoms with van der Waals surface area (Å²) in [5.74, 6) is 1.40. The molecule has 2 aromatic carbocycles. The molecule has 0 aliphatic heterocycles. The number of nitrogens with zero attached hydrogens (tertiary/aromatic N) is 2. The van der Waals surface area contributed by atoms with Gasteiger partial charge in [0.15, 0.2) is 0 Å². The van der Waals surface area contributed by atoms with Crippen LogP contribution in [-0.2, 0) is 7.05 Å². The fourth-order valence-corrected chi connectivity index (χ4v) is 2.58. The predicted molar refractivity (Wildman–Crippen MR) is 95.6 cm³/mol. The van der Waals surface area contributed by atoms with Gasteiger partial charge in [0.05, 0.1) is 22.8 Å². The van der Waals surface area contributed by atoms with E-state index < -0.39 is 0 Å². The van der Waals surface area contributed by atoms with Crippen LogP contribution in [0.25, 0.3) is 11.0 Å². The highest BCUT2D eigenvalue weighted by atomic mass is 16.5. The van der Waals surface area contributed by atoms with E-state index in [-0.39, 0.29) is 12.0 Å². The fraction of sp³-hybridized carbons (Fsp3) is 0.263. The number of imidazole rings is 1. The molecule has 0 aliphatic rings. The van der Waals surface area contributed by atoms with Crippen LogP contribution in [0.3, 0.4) is 0 Å². The minimum absolute atomic E-state index is 0.0379. The minimum Gasteiger partial charge on any atom is -0.489 e. The number of benzene rings is 2. The van der Waals surface area contributed by atoms with Crippen molar-refractivity contribution in [2.45, 2.75) is 26.9 Å². The molecule has 0 aliphatic carbocycles. The van der Waals surface area contributed by atoms with Gasteiger partial charge in [-0.15, -0.1) is 0 Å². The SMILES string of the molecule is Cc1nc2cc(C(=O)Nc3ccccc3OC(C)C)ccc2n1C. The molecule has 0 radical (unpaired) electrons. The van der Waals surface area contributed by atoms with Gasteiger partial charge in [-0.3, -0.25) is 4.79 Å². The van der Waals surface area contributed by atoms with E-state index in [0.29, 0.717) is 17.0 Å². The van der Waals surface area contributed by atoms with Crippen LogP contribution in [0, 0.1) is 6.92 Å². The van der Waals surface area contributed by atoms with Crippen molar-refractivity contribution in [3.8, 4) is 5.75 Å². The number of hydrogen-bond donors (Lipinski definition) is 1. The van der Waals surface area contributed by atoms with Crippen molar-refractivity contribution in [2.24, 2.45) is 7.05 Å². The molecule has 0 saturated heterocycles. The largest absolute Gasteiger partial charge is 0.489 e. The number of carbonyl (C=O) groups excluding carboxylic acids is 1. The second-order valence-corrected chi connectivity index (χ2v) is 6.04. The van der Waals surface area contributed by atoms with Gasteiger partial charge in [0.25, 0.3) is 5.91 Å². The molecule has 5 nitrogen and oxygen atoms in total. The number of fused-ring (bicyclic) bond motifs is 1. The fourth-order valence-electron chi connectivity index (χ4n) is 2.58. The molecule has 5 heteroatoms. The van der Waals surface area contributed by atoms with Gasteiger partial charge >= 0.3 is 0 Å². The third-order valence-electron chi connectivity index (χ3n) is 3.86. The maximum Gasteiger partial charge on any atom is 0.255 e. The third kappa shape index (κ3) is 3.11. The molecule has 1 N–H and O–H groups in total. The van der Waals surface area contributed by atoms with Gasteiger partial charge in [0, 0.05) is 12.6 Å². The number of nitrogens with one attached hydrogen (secondary N) is 1. The lowest BCUT2D eigenvalue weighted by Gasteiger charge is -2.14.